The van der Waals surface area contributed by atoms with Crippen molar-refractivity contribution in [2.45, 2.75) is 45.3 Å². The van der Waals surface area contributed by atoms with Crippen LogP contribution in [0.25, 0.3) is 0 Å². The highest BCUT2D eigenvalue weighted by Gasteiger charge is 2.37. The second-order valence-corrected chi connectivity index (χ2v) is 5.70. The molecule has 0 radical (unpaired) electrons. The van der Waals surface area contributed by atoms with Gasteiger partial charge in [-0.05, 0) is 17.0 Å². The first kappa shape index (κ1) is 15.5. The number of carbonyl (C=O) groups excluding carboxylic acids is 1. The van der Waals surface area contributed by atoms with Gasteiger partial charge in [0.15, 0.2) is 0 Å². The quantitative estimate of drug-likeness (QED) is 0.878. The van der Waals surface area contributed by atoms with E-state index in [2.05, 4.69) is 0 Å². The number of amides is 1. The lowest BCUT2D eigenvalue weighted by Crippen LogP contribution is -2.55. The molecule has 1 aliphatic heterocycles. The van der Waals surface area contributed by atoms with Gasteiger partial charge in [-0.1, -0.05) is 44.5 Å². The van der Waals surface area contributed by atoms with E-state index in [1.165, 1.54) is 4.90 Å². The maximum Gasteiger partial charge on any atom is 0.326 e. The van der Waals surface area contributed by atoms with Crippen molar-refractivity contribution in [2.24, 2.45) is 11.7 Å². The minimum atomic E-state index is -0.978. The van der Waals surface area contributed by atoms with Gasteiger partial charge in [-0.3, -0.25) is 4.79 Å². The molecule has 0 aromatic heterocycles. The van der Waals surface area contributed by atoms with Crippen molar-refractivity contribution in [1.82, 2.24) is 4.90 Å². The van der Waals surface area contributed by atoms with Crippen molar-refractivity contribution in [3.8, 4) is 0 Å². The lowest BCUT2D eigenvalue weighted by atomic mass is 9.91. The van der Waals surface area contributed by atoms with E-state index in [1.807, 2.05) is 38.1 Å². The minimum absolute atomic E-state index is 0.0316. The summed E-state index contributed by atoms with van der Waals surface area (Å²) in [4.78, 5) is 25.5. The van der Waals surface area contributed by atoms with Gasteiger partial charge in [-0.2, -0.15) is 0 Å². The number of hydrogen-bond donors (Lipinski definition) is 2. The third-order valence-corrected chi connectivity index (χ3v) is 4.36. The summed E-state index contributed by atoms with van der Waals surface area (Å²) in [5.41, 5.74) is 7.99. The number of benzene rings is 1. The number of aliphatic carboxylic acids is 1. The molecule has 0 fully saturated rings. The number of rotatable bonds is 4. The van der Waals surface area contributed by atoms with Crippen molar-refractivity contribution >= 4 is 11.9 Å². The van der Waals surface area contributed by atoms with Crippen LogP contribution in [0.5, 0.6) is 0 Å². The Morgan fingerprint density at radius 3 is 2.57 bits per heavy atom. The van der Waals surface area contributed by atoms with Gasteiger partial charge in [0, 0.05) is 13.0 Å². The molecular formula is C16H22N2O3. The Morgan fingerprint density at radius 2 is 2.00 bits per heavy atom. The lowest BCUT2D eigenvalue weighted by Gasteiger charge is -2.36. The van der Waals surface area contributed by atoms with Crippen molar-refractivity contribution in [2.75, 3.05) is 0 Å². The van der Waals surface area contributed by atoms with Crippen LogP contribution in [0.2, 0.25) is 0 Å². The lowest BCUT2D eigenvalue weighted by molar-refractivity contribution is -0.152. The molecule has 1 aromatic carbocycles. The van der Waals surface area contributed by atoms with Gasteiger partial charge >= 0.3 is 5.97 Å². The largest absolute Gasteiger partial charge is 0.480 e. The van der Waals surface area contributed by atoms with Gasteiger partial charge in [0.1, 0.15) is 6.04 Å². The summed E-state index contributed by atoms with van der Waals surface area (Å²) in [5, 5.41) is 9.43. The average molecular weight is 290 g/mol. The molecule has 0 saturated carbocycles. The molecule has 114 valence electrons. The van der Waals surface area contributed by atoms with E-state index in [0.717, 1.165) is 17.5 Å². The van der Waals surface area contributed by atoms with Crippen LogP contribution in [0.3, 0.4) is 0 Å². The molecule has 0 spiro atoms. The Hall–Kier alpha value is -1.88. The predicted octanol–water partition coefficient (Wildman–Crippen LogP) is 1.40. The van der Waals surface area contributed by atoms with Gasteiger partial charge in [-0.25, -0.2) is 4.79 Å². The summed E-state index contributed by atoms with van der Waals surface area (Å²) >= 11 is 0. The van der Waals surface area contributed by atoms with Crippen molar-refractivity contribution < 1.29 is 14.7 Å². The van der Waals surface area contributed by atoms with Gasteiger partial charge < -0.3 is 15.7 Å². The number of nitrogens with two attached hydrogens (primary N) is 1. The highest BCUT2D eigenvalue weighted by atomic mass is 16.4. The molecule has 0 aliphatic carbocycles. The minimum Gasteiger partial charge on any atom is -0.480 e. The molecule has 5 heteroatoms. The molecule has 2 rings (SSSR count). The number of carboxylic acid groups (broad SMARTS) is 1. The van der Waals surface area contributed by atoms with Gasteiger partial charge in [0.05, 0.1) is 6.04 Å². The highest BCUT2D eigenvalue weighted by molar-refractivity contribution is 5.87. The van der Waals surface area contributed by atoms with Gasteiger partial charge in [0.2, 0.25) is 5.91 Å². The third-order valence-electron chi connectivity index (χ3n) is 4.36. The standard InChI is InChI=1S/C16H22N2O3/c1-3-10(2)14(17)15(19)18-9-12-7-5-4-6-11(12)8-13(18)16(20)21/h4-7,10,13-14H,3,8-9,17H2,1-2H3,(H,20,21)/t10?,13-,14-/m0/s1. The third kappa shape index (κ3) is 3.08. The van der Waals surface area contributed by atoms with Crippen LogP contribution in [0.15, 0.2) is 24.3 Å². The molecular weight excluding hydrogens is 268 g/mol. The fourth-order valence-electron chi connectivity index (χ4n) is 2.66. The van der Waals surface area contributed by atoms with Crippen LogP contribution < -0.4 is 5.73 Å². The van der Waals surface area contributed by atoms with Gasteiger partial charge in [-0.15, -0.1) is 0 Å². The monoisotopic (exact) mass is 290 g/mol. The fraction of sp³-hybridized carbons (Fsp3) is 0.500. The molecule has 0 saturated heterocycles. The number of nitrogens with zero attached hydrogens (tertiary/aromatic N) is 1. The van der Waals surface area contributed by atoms with Crippen molar-refractivity contribution in [1.29, 1.82) is 0 Å². The van der Waals surface area contributed by atoms with Crippen molar-refractivity contribution in [3.63, 3.8) is 0 Å². The van der Waals surface area contributed by atoms with Crippen LogP contribution in [0.1, 0.15) is 31.4 Å². The van der Waals surface area contributed by atoms with E-state index in [9.17, 15) is 14.7 Å². The van der Waals surface area contributed by atoms with Crippen LogP contribution in [0.4, 0.5) is 0 Å². The Morgan fingerprint density at radius 1 is 1.38 bits per heavy atom. The zero-order valence-electron chi connectivity index (χ0n) is 12.5. The number of fused-ring (bicyclic) bond motifs is 1. The van der Waals surface area contributed by atoms with Crippen LogP contribution in [-0.2, 0) is 22.6 Å². The van der Waals surface area contributed by atoms with Crippen molar-refractivity contribution in [3.05, 3.63) is 35.4 Å². The SMILES string of the molecule is CCC(C)[C@H](N)C(=O)N1Cc2ccccc2C[C@H]1C(=O)O. The molecule has 0 bridgehead atoms. The number of carboxylic acids is 1. The number of hydrogen-bond acceptors (Lipinski definition) is 3. The molecule has 1 unspecified atom stereocenters. The first-order valence-corrected chi connectivity index (χ1v) is 7.31. The molecule has 1 heterocycles. The molecule has 3 atom stereocenters. The van der Waals surface area contributed by atoms with Gasteiger partial charge in [0.25, 0.3) is 0 Å². The summed E-state index contributed by atoms with van der Waals surface area (Å²) in [6, 6.07) is 6.16. The molecule has 1 amide bonds. The number of carbonyl (C=O) groups is 2. The Labute approximate surface area is 124 Å². The predicted molar refractivity (Wildman–Crippen MR) is 79.6 cm³/mol. The molecule has 5 nitrogen and oxygen atoms in total. The van der Waals surface area contributed by atoms with E-state index >= 15 is 0 Å². The van der Waals surface area contributed by atoms with Crippen LogP contribution in [0, 0.1) is 5.92 Å². The highest BCUT2D eigenvalue weighted by Crippen LogP contribution is 2.25. The first-order valence-electron chi connectivity index (χ1n) is 7.31. The Bertz CT molecular complexity index is 544. The molecule has 1 aromatic rings. The van der Waals surface area contributed by atoms with E-state index in [-0.39, 0.29) is 11.8 Å². The van der Waals surface area contributed by atoms with Crippen LogP contribution >= 0.6 is 0 Å². The Kier molecular flexibility index (Phi) is 4.63. The summed E-state index contributed by atoms with van der Waals surface area (Å²) in [7, 11) is 0. The fourth-order valence-corrected chi connectivity index (χ4v) is 2.66. The van der Waals surface area contributed by atoms with E-state index in [0.29, 0.717) is 13.0 Å². The van der Waals surface area contributed by atoms with Crippen LogP contribution in [-0.4, -0.2) is 34.0 Å². The summed E-state index contributed by atoms with van der Waals surface area (Å²) in [6.45, 7) is 4.20. The topological polar surface area (TPSA) is 83.6 Å². The summed E-state index contributed by atoms with van der Waals surface area (Å²) in [5.74, 6) is -1.22. The summed E-state index contributed by atoms with van der Waals surface area (Å²) < 4.78 is 0. The normalized spacial score (nSPS) is 20.5. The summed E-state index contributed by atoms with van der Waals surface area (Å²) in [6.07, 6.45) is 1.12. The second-order valence-electron chi connectivity index (χ2n) is 5.70. The molecule has 21 heavy (non-hydrogen) atoms. The first-order chi connectivity index (χ1) is 9.95. The van der Waals surface area contributed by atoms with E-state index in [1.54, 1.807) is 0 Å². The zero-order valence-corrected chi connectivity index (χ0v) is 12.5. The Balaban J connectivity index is 2.28. The average Bonchev–Trinajstić information content (AvgIpc) is 2.51. The maximum atomic E-state index is 12.6. The maximum absolute atomic E-state index is 12.6. The van der Waals surface area contributed by atoms with E-state index in [4.69, 9.17) is 5.73 Å². The second kappa shape index (κ2) is 6.26. The molecule has 3 N–H and O–H groups in total. The zero-order chi connectivity index (χ0) is 15.6. The molecule has 1 aliphatic rings. The van der Waals surface area contributed by atoms with E-state index < -0.39 is 18.1 Å². The smallest absolute Gasteiger partial charge is 0.326 e.